The fourth-order valence-electron chi connectivity index (χ4n) is 1.86. The number of carbonyl (C=O) groups excluding carboxylic acids is 1. The van der Waals surface area contributed by atoms with E-state index in [1.165, 1.54) is 6.07 Å². The average molecular weight is 305 g/mol. The third-order valence-electron chi connectivity index (χ3n) is 3.27. The number of hydrogen-bond donors (Lipinski definition) is 1. The van der Waals surface area contributed by atoms with E-state index in [1.54, 1.807) is 19.1 Å². The number of benzene rings is 1. The number of carbonyl (C=O) groups is 1. The summed E-state index contributed by atoms with van der Waals surface area (Å²) in [7, 11) is 0. The molecule has 1 N–H and O–H groups in total. The normalized spacial score (nSPS) is 11.0. The van der Waals surface area contributed by atoms with Gasteiger partial charge < -0.3 is 9.73 Å². The number of nitrogens with zero attached hydrogens (tertiary/aromatic N) is 2. The first-order valence-corrected chi connectivity index (χ1v) is 7.29. The number of nitrogens with one attached hydrogen (secondary N) is 1. The van der Waals surface area contributed by atoms with Crippen LogP contribution < -0.4 is 5.32 Å². The van der Waals surface area contributed by atoms with Crippen LogP contribution in [0, 0.1) is 12.7 Å². The van der Waals surface area contributed by atoms with Gasteiger partial charge in [0.05, 0.1) is 0 Å². The molecule has 1 heterocycles. The minimum absolute atomic E-state index is 0.134. The number of aromatic nitrogens is 2. The lowest BCUT2D eigenvalue weighted by atomic mass is 10.1. The van der Waals surface area contributed by atoms with Crippen LogP contribution in [0.15, 0.2) is 22.6 Å². The van der Waals surface area contributed by atoms with Gasteiger partial charge in [0.2, 0.25) is 17.7 Å². The fourth-order valence-corrected chi connectivity index (χ4v) is 1.86. The molecule has 0 fully saturated rings. The Kier molecular flexibility index (Phi) is 5.25. The fraction of sp³-hybridized carbons (Fsp3) is 0.438. The lowest BCUT2D eigenvalue weighted by molar-refractivity contribution is -0.121. The summed E-state index contributed by atoms with van der Waals surface area (Å²) < 4.78 is 18.8. The minimum atomic E-state index is -0.265. The van der Waals surface area contributed by atoms with Crippen molar-refractivity contribution in [3.05, 3.63) is 46.9 Å². The van der Waals surface area contributed by atoms with Gasteiger partial charge in [0.15, 0.2) is 0 Å². The summed E-state index contributed by atoms with van der Waals surface area (Å²) in [6, 6.07) is 4.93. The molecule has 5 nitrogen and oxygen atoms in total. The molecule has 1 aromatic carbocycles. The van der Waals surface area contributed by atoms with Crippen LogP contribution in [0.5, 0.6) is 0 Å². The van der Waals surface area contributed by atoms with Gasteiger partial charge in [-0.25, -0.2) is 4.39 Å². The van der Waals surface area contributed by atoms with E-state index in [9.17, 15) is 9.18 Å². The van der Waals surface area contributed by atoms with Crippen molar-refractivity contribution in [2.75, 3.05) is 0 Å². The number of halogens is 1. The van der Waals surface area contributed by atoms with Crippen LogP contribution in [0.2, 0.25) is 0 Å². The van der Waals surface area contributed by atoms with Crippen molar-refractivity contribution in [1.29, 1.82) is 0 Å². The van der Waals surface area contributed by atoms with Crippen LogP contribution in [0.1, 0.15) is 49.1 Å². The Hall–Kier alpha value is -2.24. The van der Waals surface area contributed by atoms with Gasteiger partial charge in [0, 0.05) is 25.3 Å². The Labute approximate surface area is 128 Å². The second kappa shape index (κ2) is 7.15. The molecular weight excluding hydrogens is 285 g/mol. The van der Waals surface area contributed by atoms with Crippen LogP contribution >= 0.6 is 0 Å². The molecule has 0 saturated carbocycles. The average Bonchev–Trinajstić information content (AvgIpc) is 2.95. The highest BCUT2D eigenvalue weighted by Crippen LogP contribution is 2.13. The summed E-state index contributed by atoms with van der Waals surface area (Å²) in [5.74, 6) is 0.807. The Balaban J connectivity index is 1.78. The summed E-state index contributed by atoms with van der Waals surface area (Å²) in [5, 5.41) is 10.6. The highest BCUT2D eigenvalue weighted by atomic mass is 19.1. The van der Waals surface area contributed by atoms with Gasteiger partial charge >= 0.3 is 0 Å². The van der Waals surface area contributed by atoms with Gasteiger partial charge in [-0.1, -0.05) is 26.0 Å². The second-order valence-corrected chi connectivity index (χ2v) is 5.55. The van der Waals surface area contributed by atoms with E-state index in [0.29, 0.717) is 30.3 Å². The highest BCUT2D eigenvalue weighted by Gasteiger charge is 2.11. The molecular formula is C16H20FN3O2. The summed E-state index contributed by atoms with van der Waals surface area (Å²) in [6.45, 7) is 5.93. The number of amides is 1. The maximum atomic E-state index is 13.4. The van der Waals surface area contributed by atoms with Gasteiger partial charge in [0.1, 0.15) is 5.82 Å². The lowest BCUT2D eigenvalue weighted by Crippen LogP contribution is -2.23. The van der Waals surface area contributed by atoms with E-state index in [2.05, 4.69) is 15.5 Å². The molecule has 0 bridgehead atoms. The summed E-state index contributed by atoms with van der Waals surface area (Å²) in [5.41, 5.74) is 1.32. The summed E-state index contributed by atoms with van der Waals surface area (Å²) >= 11 is 0. The molecule has 1 amide bonds. The first kappa shape index (κ1) is 16.1. The SMILES string of the molecule is Cc1ccc(CNC(=O)CCc2nnc(C(C)C)o2)cc1F. The van der Waals surface area contributed by atoms with Crippen molar-refractivity contribution >= 4 is 5.91 Å². The third kappa shape index (κ3) is 4.38. The van der Waals surface area contributed by atoms with Crippen LogP contribution in [-0.4, -0.2) is 16.1 Å². The van der Waals surface area contributed by atoms with Crippen LogP contribution in [0.3, 0.4) is 0 Å². The smallest absolute Gasteiger partial charge is 0.220 e. The van der Waals surface area contributed by atoms with Crippen molar-refractivity contribution in [3.8, 4) is 0 Å². The lowest BCUT2D eigenvalue weighted by Gasteiger charge is -2.05. The maximum absolute atomic E-state index is 13.4. The van der Waals surface area contributed by atoms with E-state index >= 15 is 0 Å². The molecule has 0 aliphatic carbocycles. The predicted molar refractivity (Wildman–Crippen MR) is 79.7 cm³/mol. The van der Waals surface area contributed by atoms with Crippen molar-refractivity contribution in [3.63, 3.8) is 0 Å². The van der Waals surface area contributed by atoms with Gasteiger partial charge in [-0.3, -0.25) is 4.79 Å². The molecule has 2 aromatic rings. The second-order valence-electron chi connectivity index (χ2n) is 5.55. The Bertz CT molecular complexity index is 653. The Morgan fingerprint density at radius 1 is 1.36 bits per heavy atom. The number of rotatable bonds is 6. The first-order chi connectivity index (χ1) is 10.5. The zero-order valence-electron chi connectivity index (χ0n) is 13.0. The van der Waals surface area contributed by atoms with Crippen LogP contribution in [0.4, 0.5) is 4.39 Å². The monoisotopic (exact) mass is 305 g/mol. The third-order valence-corrected chi connectivity index (χ3v) is 3.27. The molecule has 1 aromatic heterocycles. The van der Waals surface area contributed by atoms with E-state index in [1.807, 2.05) is 13.8 Å². The highest BCUT2D eigenvalue weighted by molar-refractivity contribution is 5.76. The molecule has 0 atom stereocenters. The quantitative estimate of drug-likeness (QED) is 0.891. The molecule has 0 aliphatic heterocycles. The van der Waals surface area contributed by atoms with E-state index in [0.717, 1.165) is 5.56 Å². The van der Waals surface area contributed by atoms with E-state index in [-0.39, 0.29) is 24.1 Å². The largest absolute Gasteiger partial charge is 0.425 e. The number of hydrogen-bond acceptors (Lipinski definition) is 4. The molecule has 22 heavy (non-hydrogen) atoms. The van der Waals surface area contributed by atoms with Gasteiger partial charge in [-0.15, -0.1) is 10.2 Å². The predicted octanol–water partition coefficient (Wildman–Crippen LogP) is 2.89. The summed E-state index contributed by atoms with van der Waals surface area (Å²) in [6.07, 6.45) is 0.655. The van der Waals surface area contributed by atoms with Gasteiger partial charge in [0.25, 0.3) is 0 Å². The molecule has 0 unspecified atom stereocenters. The Morgan fingerprint density at radius 2 is 2.14 bits per heavy atom. The van der Waals surface area contributed by atoms with Crippen LogP contribution in [-0.2, 0) is 17.8 Å². The topological polar surface area (TPSA) is 68.0 Å². The standard InChI is InChI=1S/C16H20FN3O2/c1-10(2)16-20-19-15(22-16)7-6-14(21)18-9-12-5-4-11(3)13(17)8-12/h4-5,8,10H,6-7,9H2,1-3H3,(H,18,21). The molecule has 118 valence electrons. The molecule has 2 rings (SSSR count). The Morgan fingerprint density at radius 3 is 2.77 bits per heavy atom. The molecule has 0 spiro atoms. The van der Waals surface area contributed by atoms with Crippen molar-refractivity contribution in [1.82, 2.24) is 15.5 Å². The van der Waals surface area contributed by atoms with Gasteiger partial charge in [-0.05, 0) is 24.1 Å². The summed E-state index contributed by atoms with van der Waals surface area (Å²) in [4.78, 5) is 11.8. The van der Waals surface area contributed by atoms with Crippen molar-refractivity contribution in [2.45, 2.75) is 46.1 Å². The molecule has 0 saturated heterocycles. The molecule has 0 radical (unpaired) electrons. The zero-order valence-corrected chi connectivity index (χ0v) is 13.0. The first-order valence-electron chi connectivity index (χ1n) is 7.29. The molecule has 0 aliphatic rings. The van der Waals surface area contributed by atoms with E-state index < -0.39 is 0 Å². The van der Waals surface area contributed by atoms with E-state index in [4.69, 9.17) is 4.42 Å². The zero-order chi connectivity index (χ0) is 16.1. The minimum Gasteiger partial charge on any atom is -0.425 e. The molecule has 6 heteroatoms. The van der Waals surface area contributed by atoms with Crippen LogP contribution in [0.25, 0.3) is 0 Å². The van der Waals surface area contributed by atoms with Gasteiger partial charge in [-0.2, -0.15) is 0 Å². The maximum Gasteiger partial charge on any atom is 0.220 e. The number of aryl methyl sites for hydroxylation is 2. The van der Waals surface area contributed by atoms with Crippen molar-refractivity contribution < 1.29 is 13.6 Å². The van der Waals surface area contributed by atoms with Crippen molar-refractivity contribution in [2.24, 2.45) is 0 Å².